The molecule has 4 aromatic rings. The molecule has 1 fully saturated rings. The molecule has 0 bridgehead atoms. The molecule has 30 heavy (non-hydrogen) atoms. The Labute approximate surface area is 179 Å². The summed E-state index contributed by atoms with van der Waals surface area (Å²) in [6.45, 7) is 6.01. The van der Waals surface area contributed by atoms with E-state index in [1.165, 1.54) is 12.8 Å². The lowest BCUT2D eigenvalue weighted by Gasteiger charge is -2.16. The van der Waals surface area contributed by atoms with Crippen molar-refractivity contribution < 1.29 is 9.21 Å². The van der Waals surface area contributed by atoms with E-state index in [0.717, 1.165) is 48.2 Å². The maximum atomic E-state index is 12.9. The summed E-state index contributed by atoms with van der Waals surface area (Å²) in [4.78, 5) is 20.1. The van der Waals surface area contributed by atoms with Crippen LogP contribution in [0.5, 0.6) is 0 Å². The fourth-order valence-corrected chi connectivity index (χ4v) is 4.28. The molecular formula is C23H23ClN4O2. The summed E-state index contributed by atoms with van der Waals surface area (Å²) in [7, 11) is 0. The smallest absolute Gasteiger partial charge is 0.293 e. The molecule has 3 heterocycles. The molecule has 0 atom stereocenters. The van der Waals surface area contributed by atoms with Crippen molar-refractivity contribution in [1.82, 2.24) is 14.5 Å². The third-order valence-corrected chi connectivity index (χ3v) is 5.90. The molecule has 154 valence electrons. The van der Waals surface area contributed by atoms with Gasteiger partial charge in [0.2, 0.25) is 5.95 Å². The van der Waals surface area contributed by atoms with Gasteiger partial charge in [-0.15, -0.1) is 0 Å². The first-order chi connectivity index (χ1) is 14.6. The van der Waals surface area contributed by atoms with Gasteiger partial charge in [0.05, 0.1) is 11.0 Å². The van der Waals surface area contributed by atoms with Gasteiger partial charge >= 0.3 is 0 Å². The first-order valence-electron chi connectivity index (χ1n) is 10.3. The average Bonchev–Trinajstić information content (AvgIpc) is 3.44. The molecule has 1 saturated heterocycles. The first-order valence-corrected chi connectivity index (χ1v) is 10.6. The number of anilines is 1. The largest absolute Gasteiger partial charge is 0.451 e. The van der Waals surface area contributed by atoms with Crippen LogP contribution in [0.4, 0.5) is 5.95 Å². The molecule has 0 aliphatic carbocycles. The van der Waals surface area contributed by atoms with Crippen molar-refractivity contribution in [2.24, 2.45) is 0 Å². The Kier molecular flexibility index (Phi) is 4.97. The van der Waals surface area contributed by atoms with E-state index in [0.29, 0.717) is 16.6 Å². The Hall–Kier alpha value is -2.83. The molecule has 7 heteroatoms. The van der Waals surface area contributed by atoms with Crippen LogP contribution < -0.4 is 5.32 Å². The second-order valence-corrected chi connectivity index (χ2v) is 8.31. The van der Waals surface area contributed by atoms with E-state index in [4.69, 9.17) is 21.0 Å². The maximum Gasteiger partial charge on any atom is 0.293 e. The monoisotopic (exact) mass is 422 g/mol. The highest BCUT2D eigenvalue weighted by Gasteiger charge is 2.19. The average molecular weight is 423 g/mol. The van der Waals surface area contributed by atoms with Crippen LogP contribution >= 0.6 is 11.6 Å². The number of amides is 1. The fourth-order valence-electron chi connectivity index (χ4n) is 4.10. The molecule has 0 unspecified atom stereocenters. The number of fused-ring (bicyclic) bond motifs is 2. The van der Waals surface area contributed by atoms with Gasteiger partial charge in [0.15, 0.2) is 5.76 Å². The number of aromatic nitrogens is 2. The Morgan fingerprint density at radius 1 is 1.13 bits per heavy atom. The summed E-state index contributed by atoms with van der Waals surface area (Å²) in [6, 6.07) is 13.2. The number of carbonyl (C=O) groups is 1. The molecule has 1 aliphatic heterocycles. The minimum Gasteiger partial charge on any atom is -0.451 e. The third-order valence-electron chi connectivity index (χ3n) is 5.67. The Balaban J connectivity index is 1.45. The summed E-state index contributed by atoms with van der Waals surface area (Å²) < 4.78 is 7.80. The van der Waals surface area contributed by atoms with Gasteiger partial charge in [-0.2, -0.15) is 0 Å². The molecule has 1 amide bonds. The van der Waals surface area contributed by atoms with Gasteiger partial charge in [-0.05, 0) is 74.8 Å². The molecular weight excluding hydrogens is 400 g/mol. The van der Waals surface area contributed by atoms with Crippen LogP contribution in [0.3, 0.4) is 0 Å². The lowest BCUT2D eigenvalue weighted by Crippen LogP contribution is -2.25. The van der Waals surface area contributed by atoms with Crippen molar-refractivity contribution in [3.8, 4) is 0 Å². The quantitative estimate of drug-likeness (QED) is 0.486. The number of hydrogen-bond acceptors (Lipinski definition) is 4. The minimum absolute atomic E-state index is 0.238. The molecule has 0 saturated carbocycles. The number of rotatable bonds is 5. The van der Waals surface area contributed by atoms with Crippen LogP contribution in [-0.2, 0) is 6.54 Å². The van der Waals surface area contributed by atoms with E-state index in [-0.39, 0.29) is 11.7 Å². The van der Waals surface area contributed by atoms with Gasteiger partial charge < -0.3 is 13.9 Å². The highest BCUT2D eigenvalue weighted by atomic mass is 35.5. The second-order valence-electron chi connectivity index (χ2n) is 7.87. The van der Waals surface area contributed by atoms with Crippen molar-refractivity contribution in [3.63, 3.8) is 0 Å². The number of nitrogens with one attached hydrogen (secondary N) is 1. The zero-order valence-electron chi connectivity index (χ0n) is 16.8. The van der Waals surface area contributed by atoms with Gasteiger partial charge in [0, 0.05) is 23.5 Å². The number of likely N-dealkylation sites (tertiary alicyclic amines) is 1. The van der Waals surface area contributed by atoms with Gasteiger partial charge in [-0.3, -0.25) is 10.1 Å². The molecule has 2 aromatic heterocycles. The number of carbonyl (C=O) groups excluding carboxylic acids is 1. The Bertz CT molecular complexity index is 1240. The minimum atomic E-state index is -0.322. The summed E-state index contributed by atoms with van der Waals surface area (Å²) >= 11 is 6.05. The number of aryl methyl sites for hydroxylation is 1. The lowest BCUT2D eigenvalue weighted by molar-refractivity contribution is 0.0997. The van der Waals surface area contributed by atoms with E-state index in [9.17, 15) is 4.79 Å². The van der Waals surface area contributed by atoms with E-state index in [1.54, 1.807) is 24.3 Å². The number of hydrogen-bond donors (Lipinski definition) is 1. The van der Waals surface area contributed by atoms with Crippen LogP contribution in [-0.4, -0.2) is 40.0 Å². The van der Waals surface area contributed by atoms with E-state index >= 15 is 0 Å². The van der Waals surface area contributed by atoms with Gasteiger partial charge in [-0.1, -0.05) is 17.7 Å². The van der Waals surface area contributed by atoms with E-state index < -0.39 is 0 Å². The zero-order chi connectivity index (χ0) is 20.7. The predicted octanol–water partition coefficient (Wildman–Crippen LogP) is 5.09. The topological polar surface area (TPSA) is 63.3 Å². The highest BCUT2D eigenvalue weighted by molar-refractivity contribution is 6.31. The number of furan rings is 1. The highest BCUT2D eigenvalue weighted by Crippen LogP contribution is 2.25. The van der Waals surface area contributed by atoms with Crippen molar-refractivity contribution in [2.45, 2.75) is 26.3 Å². The SMILES string of the molecule is Cc1ccc2c(c1)nc(NC(=O)c1cc3cc(Cl)ccc3o1)n2CCN1CCCC1. The molecule has 1 aliphatic rings. The van der Waals surface area contributed by atoms with Crippen molar-refractivity contribution in [1.29, 1.82) is 0 Å². The molecule has 5 rings (SSSR count). The van der Waals surface area contributed by atoms with Crippen LogP contribution in [0.2, 0.25) is 5.02 Å². The Morgan fingerprint density at radius 3 is 2.80 bits per heavy atom. The number of nitrogens with zero attached hydrogens (tertiary/aromatic N) is 3. The van der Waals surface area contributed by atoms with Gasteiger partial charge in [0.1, 0.15) is 5.58 Å². The number of benzene rings is 2. The summed E-state index contributed by atoms with van der Waals surface area (Å²) in [5, 5.41) is 4.36. The summed E-state index contributed by atoms with van der Waals surface area (Å²) in [6.07, 6.45) is 2.51. The van der Waals surface area contributed by atoms with Crippen molar-refractivity contribution in [3.05, 3.63) is 58.8 Å². The van der Waals surface area contributed by atoms with E-state index in [1.807, 2.05) is 13.0 Å². The molecule has 6 nitrogen and oxygen atoms in total. The van der Waals surface area contributed by atoms with Gasteiger partial charge in [0.25, 0.3) is 5.91 Å². The van der Waals surface area contributed by atoms with Gasteiger partial charge in [-0.25, -0.2) is 4.98 Å². The first kappa shape index (κ1) is 19.2. The van der Waals surface area contributed by atoms with Crippen LogP contribution in [0.25, 0.3) is 22.0 Å². The Morgan fingerprint density at radius 2 is 1.97 bits per heavy atom. The van der Waals surface area contributed by atoms with E-state index in [2.05, 4.69) is 26.9 Å². The molecule has 0 radical (unpaired) electrons. The third kappa shape index (κ3) is 3.68. The summed E-state index contributed by atoms with van der Waals surface area (Å²) in [5.74, 6) is 0.455. The van der Waals surface area contributed by atoms with Crippen molar-refractivity contribution >= 4 is 45.5 Å². The second kappa shape index (κ2) is 7.78. The number of imidazole rings is 1. The fraction of sp³-hybridized carbons (Fsp3) is 0.304. The van der Waals surface area contributed by atoms with Crippen LogP contribution in [0.15, 0.2) is 46.9 Å². The standard InChI is InChI=1S/C23H23ClN4O2/c1-15-4-6-19-18(12-15)25-23(28(19)11-10-27-8-2-3-9-27)26-22(29)21-14-16-13-17(24)5-7-20(16)30-21/h4-7,12-14H,2-3,8-11H2,1H3,(H,25,26,29). The lowest BCUT2D eigenvalue weighted by atomic mass is 10.2. The molecule has 0 spiro atoms. The zero-order valence-corrected chi connectivity index (χ0v) is 17.6. The predicted molar refractivity (Wildman–Crippen MR) is 119 cm³/mol. The normalized spacial score (nSPS) is 14.7. The van der Waals surface area contributed by atoms with Crippen LogP contribution in [0, 0.1) is 6.92 Å². The summed E-state index contributed by atoms with van der Waals surface area (Å²) in [5.41, 5.74) is 3.66. The van der Waals surface area contributed by atoms with Crippen LogP contribution in [0.1, 0.15) is 29.0 Å². The van der Waals surface area contributed by atoms with Crippen molar-refractivity contribution in [2.75, 3.05) is 25.0 Å². The number of halogens is 1. The maximum absolute atomic E-state index is 12.9. The molecule has 2 aromatic carbocycles. The molecule has 1 N–H and O–H groups in total.